The summed E-state index contributed by atoms with van der Waals surface area (Å²) in [6.07, 6.45) is 0. The highest BCUT2D eigenvalue weighted by Gasteiger charge is 2.39. The topological polar surface area (TPSA) is 3.24 Å². The van der Waals surface area contributed by atoms with Crippen LogP contribution in [0, 0.1) is 27.7 Å². The summed E-state index contributed by atoms with van der Waals surface area (Å²) >= 11 is 0. The van der Waals surface area contributed by atoms with Crippen molar-refractivity contribution in [2.24, 2.45) is 0 Å². The van der Waals surface area contributed by atoms with E-state index in [0.717, 1.165) is 0 Å². The first kappa shape index (κ1) is 34.1. The summed E-state index contributed by atoms with van der Waals surface area (Å²) < 4.78 is 0. The van der Waals surface area contributed by atoms with E-state index in [9.17, 15) is 0 Å². The molecule has 0 atom stereocenters. The fraction of sp³-hybridized carbons (Fsp3) is 0.179. The van der Waals surface area contributed by atoms with Crippen LogP contribution in [0.2, 0.25) is 0 Å². The third-order valence-corrected chi connectivity index (χ3v) is 13.9. The number of anilines is 3. The van der Waals surface area contributed by atoms with Crippen LogP contribution in [0.3, 0.4) is 0 Å². The Bertz CT molecular complexity index is 3080. The van der Waals surface area contributed by atoms with E-state index in [-0.39, 0.29) is 10.8 Å². The summed E-state index contributed by atoms with van der Waals surface area (Å²) in [7, 11) is 0. The maximum atomic E-state index is 2.52. The van der Waals surface area contributed by atoms with Crippen molar-refractivity contribution in [2.75, 3.05) is 4.90 Å². The van der Waals surface area contributed by atoms with E-state index < -0.39 is 0 Å². The molecule has 0 amide bonds. The SMILES string of the molecule is Cc1cccc(C)c1N(c1ccc2c(c1)C(C)(C)c1cc3ccc4c(-c5ccc6c(c5)-c5ccccc5C6(C)C)ccc5ccc(c1-2)c3c54)c1c(C)cccc1C. The van der Waals surface area contributed by atoms with Gasteiger partial charge in [0, 0.05) is 16.5 Å². The molecule has 0 bridgehead atoms. The van der Waals surface area contributed by atoms with Crippen LogP contribution in [0.4, 0.5) is 17.1 Å². The van der Waals surface area contributed by atoms with Crippen LogP contribution in [-0.4, -0.2) is 0 Å². The van der Waals surface area contributed by atoms with Gasteiger partial charge >= 0.3 is 0 Å². The van der Waals surface area contributed by atoms with E-state index in [1.807, 2.05) is 0 Å². The van der Waals surface area contributed by atoms with Gasteiger partial charge in [-0.1, -0.05) is 143 Å². The molecule has 0 saturated heterocycles. The zero-order valence-corrected chi connectivity index (χ0v) is 34.2. The molecule has 2 aliphatic rings. The van der Waals surface area contributed by atoms with Crippen LogP contribution in [-0.2, 0) is 10.8 Å². The van der Waals surface area contributed by atoms with Gasteiger partial charge in [-0.3, -0.25) is 0 Å². The maximum Gasteiger partial charge on any atom is 0.0520 e. The third-order valence-electron chi connectivity index (χ3n) is 13.9. The standard InChI is InChI=1S/C56H47N/c1-32-13-11-14-33(2)53(32)57(54-34(3)15-12-16-35(54)4)39-23-27-43-48(31-39)56(7,8)49-30-38-21-25-42-40(24-19-36-20-26-44(52(43)49)51(38)50(36)42)37-22-28-47-45(29-37)41-17-9-10-18-46(41)55(47,5)6/h9-31H,1-8H3. The van der Waals surface area contributed by atoms with Gasteiger partial charge in [0.15, 0.2) is 0 Å². The normalized spacial score (nSPS) is 14.6. The number of aryl methyl sites for hydroxylation is 4. The second-order valence-corrected chi connectivity index (χ2v) is 17.9. The lowest BCUT2D eigenvalue weighted by atomic mass is 9.80. The zero-order valence-electron chi connectivity index (χ0n) is 34.2. The van der Waals surface area contributed by atoms with Crippen molar-refractivity contribution in [1.29, 1.82) is 0 Å². The van der Waals surface area contributed by atoms with Gasteiger partial charge in [0.1, 0.15) is 0 Å². The van der Waals surface area contributed by atoms with Crippen molar-refractivity contribution in [3.63, 3.8) is 0 Å². The monoisotopic (exact) mass is 733 g/mol. The van der Waals surface area contributed by atoms with Crippen LogP contribution in [0.15, 0.2) is 140 Å². The molecule has 11 rings (SSSR count). The summed E-state index contributed by atoms with van der Waals surface area (Å²) in [5.74, 6) is 0. The Hall–Kier alpha value is -6.18. The lowest BCUT2D eigenvalue weighted by molar-refractivity contribution is 0.660. The molecule has 2 aliphatic carbocycles. The second-order valence-electron chi connectivity index (χ2n) is 17.9. The number of rotatable bonds is 4. The van der Waals surface area contributed by atoms with Crippen molar-refractivity contribution in [3.05, 3.63) is 184 Å². The van der Waals surface area contributed by atoms with E-state index in [4.69, 9.17) is 0 Å². The molecule has 0 saturated carbocycles. The van der Waals surface area contributed by atoms with E-state index in [2.05, 4.69) is 200 Å². The summed E-state index contributed by atoms with van der Waals surface area (Å²) in [6, 6.07) is 53.4. The van der Waals surface area contributed by atoms with Gasteiger partial charge in [-0.25, -0.2) is 0 Å². The van der Waals surface area contributed by atoms with Crippen molar-refractivity contribution in [2.45, 2.75) is 66.2 Å². The highest BCUT2D eigenvalue weighted by atomic mass is 15.2. The molecule has 0 heterocycles. The lowest BCUT2D eigenvalue weighted by Crippen LogP contribution is -2.18. The number of nitrogens with zero attached hydrogens (tertiary/aromatic N) is 1. The minimum Gasteiger partial charge on any atom is -0.309 e. The number of para-hydroxylation sites is 2. The van der Waals surface area contributed by atoms with Crippen molar-refractivity contribution < 1.29 is 0 Å². The van der Waals surface area contributed by atoms with E-state index in [0.29, 0.717) is 0 Å². The molecule has 57 heavy (non-hydrogen) atoms. The van der Waals surface area contributed by atoms with Gasteiger partial charge < -0.3 is 4.90 Å². The first-order valence-corrected chi connectivity index (χ1v) is 20.5. The Morgan fingerprint density at radius 3 is 1.68 bits per heavy atom. The fourth-order valence-corrected chi connectivity index (χ4v) is 11.0. The molecule has 0 aliphatic heterocycles. The van der Waals surface area contributed by atoms with Crippen molar-refractivity contribution in [3.8, 4) is 33.4 Å². The zero-order chi connectivity index (χ0) is 39.1. The molecule has 0 spiro atoms. The Morgan fingerprint density at radius 2 is 0.965 bits per heavy atom. The molecule has 0 fully saturated rings. The molecule has 0 radical (unpaired) electrons. The van der Waals surface area contributed by atoms with Gasteiger partial charge in [0.05, 0.1) is 11.4 Å². The molecule has 1 heteroatoms. The highest BCUT2D eigenvalue weighted by molar-refractivity contribution is 6.28. The van der Waals surface area contributed by atoms with Gasteiger partial charge in [0.25, 0.3) is 0 Å². The number of hydrogen-bond donors (Lipinski definition) is 0. The Labute approximate surface area is 336 Å². The minimum atomic E-state index is -0.183. The fourth-order valence-electron chi connectivity index (χ4n) is 11.0. The molecule has 0 unspecified atom stereocenters. The van der Waals surface area contributed by atoms with Crippen LogP contribution in [0.1, 0.15) is 72.2 Å². The number of fused-ring (bicyclic) bond motifs is 7. The number of hydrogen-bond acceptors (Lipinski definition) is 1. The van der Waals surface area contributed by atoms with E-state index in [1.54, 1.807) is 0 Å². The molecular weight excluding hydrogens is 687 g/mol. The molecule has 0 N–H and O–H groups in total. The molecule has 9 aromatic rings. The van der Waals surface area contributed by atoms with Crippen molar-refractivity contribution in [1.82, 2.24) is 0 Å². The second kappa shape index (κ2) is 11.7. The van der Waals surface area contributed by atoms with Crippen LogP contribution < -0.4 is 4.90 Å². The summed E-state index contributed by atoms with van der Waals surface area (Å²) in [5.41, 5.74) is 22.3. The van der Waals surface area contributed by atoms with Gasteiger partial charge in [-0.05, 0) is 162 Å². The van der Waals surface area contributed by atoms with Crippen LogP contribution >= 0.6 is 0 Å². The van der Waals surface area contributed by atoms with Crippen molar-refractivity contribution >= 4 is 49.4 Å². The maximum absolute atomic E-state index is 2.52. The number of benzene rings is 9. The molecule has 9 aromatic carbocycles. The van der Waals surface area contributed by atoms with Crippen LogP contribution in [0.5, 0.6) is 0 Å². The molecular formula is C56H47N. The predicted octanol–water partition coefficient (Wildman–Crippen LogP) is 15.6. The lowest BCUT2D eigenvalue weighted by Gasteiger charge is -2.32. The van der Waals surface area contributed by atoms with E-state index in [1.165, 1.54) is 127 Å². The smallest absolute Gasteiger partial charge is 0.0520 e. The third kappa shape index (κ3) is 4.57. The average molecular weight is 734 g/mol. The molecule has 276 valence electrons. The van der Waals surface area contributed by atoms with Crippen LogP contribution in [0.25, 0.3) is 65.7 Å². The predicted molar refractivity (Wildman–Crippen MR) is 244 cm³/mol. The van der Waals surface area contributed by atoms with Gasteiger partial charge in [-0.15, -0.1) is 0 Å². The highest BCUT2D eigenvalue weighted by Crippen LogP contribution is 2.56. The first-order chi connectivity index (χ1) is 27.4. The Morgan fingerprint density at radius 1 is 0.386 bits per heavy atom. The largest absolute Gasteiger partial charge is 0.309 e. The molecule has 1 nitrogen and oxygen atoms in total. The van der Waals surface area contributed by atoms with Gasteiger partial charge in [0.2, 0.25) is 0 Å². The minimum absolute atomic E-state index is 0.00449. The first-order valence-electron chi connectivity index (χ1n) is 20.5. The summed E-state index contributed by atoms with van der Waals surface area (Å²) in [5, 5.41) is 8.02. The summed E-state index contributed by atoms with van der Waals surface area (Å²) in [4.78, 5) is 2.52. The van der Waals surface area contributed by atoms with E-state index >= 15 is 0 Å². The Balaban J connectivity index is 1.11. The Kier molecular flexibility index (Phi) is 6.99. The van der Waals surface area contributed by atoms with Gasteiger partial charge in [-0.2, -0.15) is 0 Å². The quantitative estimate of drug-likeness (QED) is 0.163. The molecule has 0 aromatic heterocycles. The average Bonchev–Trinajstić information content (AvgIpc) is 3.57. The summed E-state index contributed by atoms with van der Waals surface area (Å²) in [6.45, 7) is 18.5.